The van der Waals surface area contributed by atoms with Crippen molar-refractivity contribution in [1.82, 2.24) is 10.2 Å². The zero-order valence-corrected chi connectivity index (χ0v) is 20.0. The summed E-state index contributed by atoms with van der Waals surface area (Å²) < 4.78 is 5.06. The summed E-state index contributed by atoms with van der Waals surface area (Å²) in [6.07, 6.45) is 0.967. The Bertz CT molecular complexity index is 1130. The second-order valence-electron chi connectivity index (χ2n) is 7.26. The summed E-state index contributed by atoms with van der Waals surface area (Å²) in [5.41, 5.74) is 2.51. The molecule has 1 atom stereocenters. The number of nitrogens with one attached hydrogen (secondary N) is 1. The van der Waals surface area contributed by atoms with E-state index in [1.165, 1.54) is 23.7 Å². The molecule has 2 aromatic rings. The fourth-order valence-corrected chi connectivity index (χ4v) is 5.65. The molecule has 166 valence electrons. The van der Waals surface area contributed by atoms with E-state index in [4.69, 9.17) is 16.3 Å². The molecule has 2 aliphatic heterocycles. The maximum atomic E-state index is 12.7. The molecule has 0 radical (unpaired) electrons. The second-order valence-corrected chi connectivity index (χ2v) is 9.54. The number of hydrogen-bond donors (Lipinski definition) is 1. The third-order valence-corrected chi connectivity index (χ3v) is 7.39. The van der Waals surface area contributed by atoms with Crippen molar-refractivity contribution in [3.05, 3.63) is 79.6 Å². The number of ether oxygens (including phenoxy) is 1. The van der Waals surface area contributed by atoms with E-state index in [2.05, 4.69) is 16.4 Å². The Morgan fingerprint density at radius 3 is 2.78 bits per heavy atom. The Kier molecular flexibility index (Phi) is 7.03. The molecular weight excluding hydrogens is 466 g/mol. The Balaban J connectivity index is 1.58. The first-order chi connectivity index (χ1) is 15.5. The Morgan fingerprint density at radius 1 is 1.25 bits per heavy atom. The molecule has 3 heterocycles. The molecule has 9 heteroatoms. The number of amides is 1. The highest BCUT2D eigenvalue weighted by Gasteiger charge is 2.41. The first kappa shape index (κ1) is 22.6. The van der Waals surface area contributed by atoms with Crippen molar-refractivity contribution in [3.63, 3.8) is 0 Å². The highest BCUT2D eigenvalue weighted by molar-refractivity contribution is 8.16. The summed E-state index contributed by atoms with van der Waals surface area (Å²) in [6, 6.07) is 10.9. The SMILES string of the molecule is COC(=O)C1=C(C)N=C2SC=C(CC(=O)NCCc3cccs3)N2[C@H]1c1ccccc1Cl. The number of allylic oxidation sites excluding steroid dienone is 1. The lowest BCUT2D eigenvalue weighted by molar-refractivity contribution is -0.136. The number of nitrogens with zero attached hydrogens (tertiary/aromatic N) is 2. The van der Waals surface area contributed by atoms with Crippen LogP contribution in [-0.2, 0) is 20.7 Å². The lowest BCUT2D eigenvalue weighted by atomic mass is 9.94. The molecule has 1 aromatic heterocycles. The van der Waals surface area contributed by atoms with Gasteiger partial charge in [-0.1, -0.05) is 47.6 Å². The third kappa shape index (κ3) is 4.62. The first-order valence-corrected chi connectivity index (χ1v) is 12.2. The molecule has 1 N–H and O–H groups in total. The summed E-state index contributed by atoms with van der Waals surface area (Å²) in [5.74, 6) is -0.551. The van der Waals surface area contributed by atoms with Crippen molar-refractivity contribution in [2.45, 2.75) is 25.8 Å². The van der Waals surface area contributed by atoms with Gasteiger partial charge in [-0.15, -0.1) is 11.3 Å². The molecule has 0 bridgehead atoms. The molecule has 2 aliphatic rings. The zero-order valence-electron chi connectivity index (χ0n) is 17.6. The number of aliphatic imine (C=N–C) groups is 1. The lowest BCUT2D eigenvalue weighted by Gasteiger charge is -2.36. The quantitative estimate of drug-likeness (QED) is 0.562. The minimum absolute atomic E-state index is 0.0848. The van der Waals surface area contributed by atoms with Crippen molar-refractivity contribution in [1.29, 1.82) is 0 Å². The van der Waals surface area contributed by atoms with Gasteiger partial charge in [0.2, 0.25) is 5.91 Å². The fourth-order valence-electron chi connectivity index (χ4n) is 3.74. The number of amidine groups is 1. The number of carbonyl (C=O) groups excluding carboxylic acids is 2. The molecule has 0 saturated carbocycles. The van der Waals surface area contributed by atoms with E-state index >= 15 is 0 Å². The van der Waals surface area contributed by atoms with Gasteiger partial charge in [-0.3, -0.25) is 4.79 Å². The zero-order chi connectivity index (χ0) is 22.7. The van der Waals surface area contributed by atoms with Crippen LogP contribution in [0, 0.1) is 0 Å². The van der Waals surface area contributed by atoms with Crippen LogP contribution in [0.3, 0.4) is 0 Å². The second kappa shape index (κ2) is 9.94. The van der Waals surface area contributed by atoms with Gasteiger partial charge in [0.15, 0.2) is 5.17 Å². The van der Waals surface area contributed by atoms with Crippen LogP contribution in [0.25, 0.3) is 0 Å². The van der Waals surface area contributed by atoms with Gasteiger partial charge in [-0.05, 0) is 41.8 Å². The summed E-state index contributed by atoms with van der Waals surface area (Å²) in [4.78, 5) is 33.2. The maximum Gasteiger partial charge on any atom is 0.338 e. The molecule has 0 saturated heterocycles. The number of thioether (sulfide) groups is 1. The van der Waals surface area contributed by atoms with Crippen LogP contribution in [0.4, 0.5) is 0 Å². The number of thiophene rings is 1. The summed E-state index contributed by atoms with van der Waals surface area (Å²) in [6.45, 7) is 2.36. The van der Waals surface area contributed by atoms with Gasteiger partial charge < -0.3 is 15.0 Å². The number of methoxy groups -OCH3 is 1. The first-order valence-electron chi connectivity index (χ1n) is 10.1. The van der Waals surface area contributed by atoms with Gasteiger partial charge in [0.1, 0.15) is 0 Å². The normalized spacial score (nSPS) is 17.6. The molecule has 1 aromatic carbocycles. The molecule has 32 heavy (non-hydrogen) atoms. The Hall–Kier alpha value is -2.55. The van der Waals surface area contributed by atoms with E-state index in [1.807, 2.05) is 40.0 Å². The number of hydrogen-bond acceptors (Lipinski definition) is 7. The van der Waals surface area contributed by atoms with Crippen LogP contribution >= 0.6 is 34.7 Å². The van der Waals surface area contributed by atoms with Gasteiger partial charge in [0.05, 0.1) is 30.8 Å². The predicted molar refractivity (Wildman–Crippen MR) is 130 cm³/mol. The number of halogens is 1. The Morgan fingerprint density at radius 2 is 2.06 bits per heavy atom. The standard InChI is InChI=1S/C23H22ClN3O3S2/c1-14-20(22(29)30-2)21(17-7-3-4-8-18(17)24)27-15(13-32-23(27)26-14)12-19(28)25-10-9-16-6-5-11-31-16/h3-8,11,13,21H,9-10,12H2,1-2H3,(H,25,28)/t21-/m0/s1. The average molecular weight is 488 g/mol. The van der Waals surface area contributed by atoms with Crippen LogP contribution in [-0.4, -0.2) is 35.6 Å². The molecule has 4 rings (SSSR count). The predicted octanol–water partition coefficient (Wildman–Crippen LogP) is 4.90. The molecule has 0 fully saturated rings. The fraction of sp³-hybridized carbons (Fsp3) is 0.261. The van der Waals surface area contributed by atoms with Crippen LogP contribution < -0.4 is 5.32 Å². The lowest BCUT2D eigenvalue weighted by Crippen LogP contribution is -2.38. The van der Waals surface area contributed by atoms with Gasteiger partial charge >= 0.3 is 5.97 Å². The van der Waals surface area contributed by atoms with Crippen LogP contribution in [0.5, 0.6) is 0 Å². The van der Waals surface area contributed by atoms with Crippen molar-refractivity contribution >= 4 is 51.7 Å². The average Bonchev–Trinajstić information content (AvgIpc) is 3.43. The molecule has 1 amide bonds. The van der Waals surface area contributed by atoms with Gasteiger partial charge in [0.25, 0.3) is 0 Å². The van der Waals surface area contributed by atoms with Crippen molar-refractivity contribution < 1.29 is 14.3 Å². The monoisotopic (exact) mass is 487 g/mol. The van der Waals surface area contributed by atoms with E-state index in [0.29, 0.717) is 28.0 Å². The molecule has 0 aliphatic carbocycles. The van der Waals surface area contributed by atoms with Gasteiger partial charge in [0, 0.05) is 22.1 Å². The van der Waals surface area contributed by atoms with Crippen molar-refractivity contribution in [2.75, 3.05) is 13.7 Å². The minimum atomic E-state index is -0.524. The Labute approximate surface area is 200 Å². The smallest absolute Gasteiger partial charge is 0.338 e. The van der Waals surface area contributed by atoms with E-state index in [9.17, 15) is 9.59 Å². The highest BCUT2D eigenvalue weighted by atomic mass is 35.5. The summed E-state index contributed by atoms with van der Waals surface area (Å²) >= 11 is 9.64. The van der Waals surface area contributed by atoms with Crippen LogP contribution in [0.15, 0.2) is 69.1 Å². The van der Waals surface area contributed by atoms with E-state index < -0.39 is 12.0 Å². The molecule has 0 unspecified atom stereocenters. The van der Waals surface area contributed by atoms with Crippen molar-refractivity contribution in [2.24, 2.45) is 4.99 Å². The van der Waals surface area contributed by atoms with Gasteiger partial charge in [-0.25, -0.2) is 9.79 Å². The van der Waals surface area contributed by atoms with Crippen LogP contribution in [0.2, 0.25) is 5.02 Å². The number of carbonyl (C=O) groups is 2. The van der Waals surface area contributed by atoms with Crippen molar-refractivity contribution in [3.8, 4) is 0 Å². The summed E-state index contributed by atoms with van der Waals surface area (Å²) in [7, 11) is 1.35. The highest BCUT2D eigenvalue weighted by Crippen LogP contribution is 2.46. The third-order valence-electron chi connectivity index (χ3n) is 5.22. The molecule has 0 spiro atoms. The molecule has 6 nitrogen and oxygen atoms in total. The minimum Gasteiger partial charge on any atom is -0.466 e. The van der Waals surface area contributed by atoms with E-state index in [0.717, 1.165) is 17.7 Å². The number of rotatable bonds is 7. The molecular formula is C23H22ClN3O3S2. The van der Waals surface area contributed by atoms with Crippen LogP contribution in [0.1, 0.15) is 29.8 Å². The largest absolute Gasteiger partial charge is 0.466 e. The topological polar surface area (TPSA) is 71.0 Å². The van der Waals surface area contributed by atoms with E-state index in [-0.39, 0.29) is 12.3 Å². The maximum absolute atomic E-state index is 12.7. The summed E-state index contributed by atoms with van der Waals surface area (Å²) in [5, 5.41) is 8.16. The van der Waals surface area contributed by atoms with E-state index in [1.54, 1.807) is 24.3 Å². The number of esters is 1. The number of fused-ring (bicyclic) bond motifs is 1. The van der Waals surface area contributed by atoms with Gasteiger partial charge in [-0.2, -0.15) is 0 Å². The number of benzene rings is 1.